The lowest BCUT2D eigenvalue weighted by Crippen LogP contribution is -2.39. The lowest BCUT2D eigenvalue weighted by Gasteiger charge is -2.20. The molecule has 9 heteroatoms. The van der Waals surface area contributed by atoms with E-state index in [1.807, 2.05) is 30.3 Å². The number of nitrogens with two attached hydrogens (primary N) is 2. The zero-order valence-corrected chi connectivity index (χ0v) is 17.1. The molecule has 1 aromatic heterocycles. The van der Waals surface area contributed by atoms with Gasteiger partial charge in [-0.15, -0.1) is 24.8 Å². The molecule has 1 unspecified atom stereocenters. The third-order valence-corrected chi connectivity index (χ3v) is 4.36. The molecular weight excluding hydrogens is 406 g/mol. The highest BCUT2D eigenvalue weighted by atomic mass is 35.5. The van der Waals surface area contributed by atoms with Crippen LogP contribution in [0.3, 0.4) is 0 Å². The van der Waals surface area contributed by atoms with Crippen LogP contribution in [0.15, 0.2) is 42.6 Å². The van der Waals surface area contributed by atoms with Gasteiger partial charge in [0.25, 0.3) is 0 Å². The standard InChI is InChI=1S/C19H23FN4O2.2ClH/c1-12(15(18(22)25)8-7-13-5-3-2-4-6-13)19(26)24-11-14-9-16(20)17(21)23-10-14;;/h2-6,9-10,12,15H,7-8,11H2,1H3,(H2,21,23)(H2,22,25)(H,24,26);2*1H/t12-,15?;;/m0../s1. The molecule has 0 saturated carbocycles. The number of amides is 2. The highest BCUT2D eigenvalue weighted by Gasteiger charge is 2.28. The summed E-state index contributed by atoms with van der Waals surface area (Å²) in [4.78, 5) is 27.9. The predicted octanol–water partition coefficient (Wildman–Crippen LogP) is 2.63. The quantitative estimate of drug-likeness (QED) is 0.597. The fourth-order valence-corrected chi connectivity index (χ4v) is 2.72. The van der Waals surface area contributed by atoms with Gasteiger partial charge in [-0.25, -0.2) is 9.37 Å². The van der Waals surface area contributed by atoms with Crippen molar-refractivity contribution in [2.45, 2.75) is 26.3 Å². The molecule has 0 aliphatic rings. The molecule has 0 spiro atoms. The van der Waals surface area contributed by atoms with E-state index in [1.165, 1.54) is 12.3 Å². The minimum absolute atomic E-state index is 0. The van der Waals surface area contributed by atoms with E-state index in [0.717, 1.165) is 5.56 Å². The molecule has 0 fully saturated rings. The summed E-state index contributed by atoms with van der Waals surface area (Å²) in [7, 11) is 0. The van der Waals surface area contributed by atoms with Crippen LogP contribution in [-0.4, -0.2) is 16.8 Å². The Labute approximate surface area is 176 Å². The van der Waals surface area contributed by atoms with Crippen LogP contribution >= 0.6 is 24.8 Å². The van der Waals surface area contributed by atoms with Crippen LogP contribution in [0, 0.1) is 17.7 Å². The largest absolute Gasteiger partial charge is 0.381 e. The van der Waals surface area contributed by atoms with Gasteiger partial charge in [0.1, 0.15) is 0 Å². The third-order valence-electron chi connectivity index (χ3n) is 4.36. The highest BCUT2D eigenvalue weighted by molar-refractivity contribution is 5.86. The smallest absolute Gasteiger partial charge is 0.223 e. The van der Waals surface area contributed by atoms with Crippen molar-refractivity contribution in [3.63, 3.8) is 0 Å². The van der Waals surface area contributed by atoms with Gasteiger partial charge in [0, 0.05) is 24.6 Å². The van der Waals surface area contributed by atoms with Crippen LogP contribution in [0.4, 0.5) is 10.2 Å². The van der Waals surface area contributed by atoms with Crippen LogP contribution in [0.25, 0.3) is 0 Å². The van der Waals surface area contributed by atoms with Gasteiger partial charge in [-0.3, -0.25) is 9.59 Å². The first kappa shape index (κ1) is 25.6. The van der Waals surface area contributed by atoms with Gasteiger partial charge in [0.2, 0.25) is 11.8 Å². The highest BCUT2D eigenvalue weighted by Crippen LogP contribution is 2.19. The molecule has 28 heavy (non-hydrogen) atoms. The predicted molar refractivity (Wildman–Crippen MR) is 112 cm³/mol. The zero-order chi connectivity index (χ0) is 19.1. The number of anilines is 1. The van der Waals surface area contributed by atoms with Crippen molar-refractivity contribution in [1.82, 2.24) is 10.3 Å². The Hall–Kier alpha value is -2.38. The van der Waals surface area contributed by atoms with E-state index in [0.29, 0.717) is 18.4 Å². The van der Waals surface area contributed by atoms with Crippen LogP contribution in [0.5, 0.6) is 0 Å². The number of nitrogen functional groups attached to an aromatic ring is 1. The van der Waals surface area contributed by atoms with Crippen molar-refractivity contribution in [2.24, 2.45) is 17.6 Å². The van der Waals surface area contributed by atoms with Gasteiger partial charge in [-0.05, 0) is 30.0 Å². The van der Waals surface area contributed by atoms with Gasteiger partial charge in [-0.1, -0.05) is 37.3 Å². The number of nitrogens with zero attached hydrogens (tertiary/aromatic N) is 1. The number of nitrogens with one attached hydrogen (secondary N) is 1. The summed E-state index contributed by atoms with van der Waals surface area (Å²) in [5.41, 5.74) is 12.4. The SMILES string of the molecule is C[C@H](C(=O)NCc1cnc(N)c(F)c1)C(CCc1ccccc1)C(N)=O.Cl.Cl. The number of hydrogen-bond donors (Lipinski definition) is 3. The van der Waals surface area contributed by atoms with Crippen LogP contribution < -0.4 is 16.8 Å². The third kappa shape index (κ3) is 7.32. The van der Waals surface area contributed by atoms with Crippen molar-refractivity contribution in [1.29, 1.82) is 0 Å². The Morgan fingerprint density at radius 2 is 1.82 bits per heavy atom. The second-order valence-electron chi connectivity index (χ2n) is 6.25. The Morgan fingerprint density at radius 3 is 2.39 bits per heavy atom. The second kappa shape index (κ2) is 12.2. The number of carbonyl (C=O) groups is 2. The van der Waals surface area contributed by atoms with Gasteiger partial charge in [0.15, 0.2) is 11.6 Å². The van der Waals surface area contributed by atoms with Crippen molar-refractivity contribution in [3.05, 3.63) is 59.5 Å². The molecule has 0 aliphatic carbocycles. The zero-order valence-electron chi connectivity index (χ0n) is 15.4. The summed E-state index contributed by atoms with van der Waals surface area (Å²) in [6.07, 6.45) is 2.52. The Balaban J connectivity index is 0.00000364. The summed E-state index contributed by atoms with van der Waals surface area (Å²) in [5.74, 6) is -2.84. The van der Waals surface area contributed by atoms with Crippen molar-refractivity contribution in [2.75, 3.05) is 5.73 Å². The van der Waals surface area contributed by atoms with E-state index >= 15 is 0 Å². The van der Waals surface area contributed by atoms with E-state index in [9.17, 15) is 14.0 Å². The lowest BCUT2D eigenvalue weighted by atomic mass is 9.87. The fraction of sp³-hybridized carbons (Fsp3) is 0.316. The summed E-state index contributed by atoms with van der Waals surface area (Å²) >= 11 is 0. The first-order chi connectivity index (χ1) is 12.4. The molecular formula is C19H25Cl2FN4O2. The maximum absolute atomic E-state index is 13.4. The van der Waals surface area contributed by atoms with E-state index in [-0.39, 0.29) is 43.1 Å². The minimum atomic E-state index is -0.636. The molecule has 0 saturated heterocycles. The first-order valence-electron chi connectivity index (χ1n) is 8.39. The molecule has 0 bridgehead atoms. The van der Waals surface area contributed by atoms with E-state index in [1.54, 1.807) is 6.92 Å². The van der Waals surface area contributed by atoms with E-state index in [2.05, 4.69) is 10.3 Å². The number of aryl methyl sites for hydroxylation is 1. The summed E-state index contributed by atoms with van der Waals surface area (Å²) < 4.78 is 13.4. The number of halogens is 3. The number of aromatic nitrogens is 1. The number of primary amides is 1. The normalized spacial score (nSPS) is 12.1. The average molecular weight is 431 g/mol. The maximum Gasteiger partial charge on any atom is 0.223 e. The number of benzene rings is 1. The molecule has 6 nitrogen and oxygen atoms in total. The summed E-state index contributed by atoms with van der Waals surface area (Å²) in [5, 5.41) is 2.68. The maximum atomic E-state index is 13.4. The Morgan fingerprint density at radius 1 is 1.18 bits per heavy atom. The van der Waals surface area contributed by atoms with Crippen molar-refractivity contribution < 1.29 is 14.0 Å². The molecule has 1 heterocycles. The Bertz CT molecular complexity index is 778. The monoisotopic (exact) mass is 430 g/mol. The minimum Gasteiger partial charge on any atom is -0.381 e. The molecule has 2 rings (SSSR count). The van der Waals surface area contributed by atoms with Crippen LogP contribution in [-0.2, 0) is 22.6 Å². The van der Waals surface area contributed by atoms with Crippen molar-refractivity contribution in [3.8, 4) is 0 Å². The summed E-state index contributed by atoms with van der Waals surface area (Å²) in [6, 6.07) is 10.9. The second-order valence-corrected chi connectivity index (χ2v) is 6.25. The molecule has 1 aromatic carbocycles. The molecule has 0 radical (unpaired) electrons. The first-order valence-corrected chi connectivity index (χ1v) is 8.39. The van der Waals surface area contributed by atoms with Crippen molar-refractivity contribution >= 4 is 42.4 Å². The van der Waals surface area contributed by atoms with Gasteiger partial charge < -0.3 is 16.8 Å². The molecule has 0 aliphatic heterocycles. The van der Waals surface area contributed by atoms with Gasteiger partial charge in [-0.2, -0.15) is 0 Å². The number of rotatable bonds is 8. The molecule has 2 aromatic rings. The molecule has 2 atom stereocenters. The molecule has 2 amide bonds. The van der Waals surface area contributed by atoms with E-state index < -0.39 is 23.6 Å². The number of hydrogen-bond acceptors (Lipinski definition) is 4. The van der Waals surface area contributed by atoms with Crippen LogP contribution in [0.2, 0.25) is 0 Å². The van der Waals surface area contributed by atoms with Crippen LogP contribution in [0.1, 0.15) is 24.5 Å². The number of carbonyl (C=O) groups excluding carboxylic acids is 2. The fourth-order valence-electron chi connectivity index (χ4n) is 2.72. The average Bonchev–Trinajstić information content (AvgIpc) is 2.63. The Kier molecular flexibility index (Phi) is 11.1. The van der Waals surface area contributed by atoms with Gasteiger partial charge >= 0.3 is 0 Å². The molecule has 5 N–H and O–H groups in total. The lowest BCUT2D eigenvalue weighted by molar-refractivity contribution is -0.133. The van der Waals surface area contributed by atoms with E-state index in [4.69, 9.17) is 11.5 Å². The molecule has 154 valence electrons. The topological polar surface area (TPSA) is 111 Å². The summed E-state index contributed by atoms with van der Waals surface area (Å²) in [6.45, 7) is 1.76. The van der Waals surface area contributed by atoms with Gasteiger partial charge in [0.05, 0.1) is 0 Å². The number of pyridine rings is 1.